The molecule has 0 aliphatic rings. The zero-order valence-electron chi connectivity index (χ0n) is 8.15. The van der Waals surface area contributed by atoms with Crippen LogP contribution in [0.5, 0.6) is 0 Å². The van der Waals surface area contributed by atoms with Gasteiger partial charge >= 0.3 is 0 Å². The number of aromatic nitrogens is 1. The highest BCUT2D eigenvalue weighted by atomic mass is 19.1. The van der Waals surface area contributed by atoms with Gasteiger partial charge in [-0.05, 0) is 12.1 Å². The third kappa shape index (κ3) is 1.69. The van der Waals surface area contributed by atoms with Gasteiger partial charge in [0.2, 0.25) is 0 Å². The molecule has 0 saturated heterocycles. The first kappa shape index (κ1) is 10.4. The van der Waals surface area contributed by atoms with Crippen molar-refractivity contribution in [1.82, 2.24) is 4.98 Å². The van der Waals surface area contributed by atoms with Crippen LogP contribution < -0.4 is 0 Å². The molecule has 0 aliphatic heterocycles. The Morgan fingerprint density at radius 1 is 1.12 bits per heavy atom. The third-order valence-corrected chi connectivity index (χ3v) is 2.21. The van der Waals surface area contributed by atoms with Crippen LogP contribution >= 0.6 is 0 Å². The maximum absolute atomic E-state index is 13.6. The zero-order valence-corrected chi connectivity index (χ0v) is 8.15. The summed E-state index contributed by atoms with van der Waals surface area (Å²) in [5.74, 6) is -1.29. The molecule has 0 atom stereocenters. The fourth-order valence-electron chi connectivity index (χ4n) is 1.50. The van der Waals surface area contributed by atoms with E-state index in [0.717, 1.165) is 6.20 Å². The van der Waals surface area contributed by atoms with E-state index in [-0.39, 0.29) is 16.7 Å². The van der Waals surface area contributed by atoms with Gasteiger partial charge in [-0.3, -0.25) is 9.78 Å². The summed E-state index contributed by atoms with van der Waals surface area (Å²) in [6.45, 7) is 0. The minimum atomic E-state index is -0.657. The Labute approximate surface area is 90.6 Å². The number of carbonyl (C=O) groups is 1. The quantitative estimate of drug-likeness (QED) is 0.727. The Morgan fingerprint density at radius 3 is 2.62 bits per heavy atom. The van der Waals surface area contributed by atoms with Crippen LogP contribution in [0.3, 0.4) is 0 Å². The highest BCUT2D eigenvalue weighted by molar-refractivity contribution is 5.87. The second-order valence-corrected chi connectivity index (χ2v) is 3.18. The molecule has 2 aromatic rings. The maximum atomic E-state index is 13.6. The molecule has 0 saturated carbocycles. The van der Waals surface area contributed by atoms with Crippen molar-refractivity contribution in [2.45, 2.75) is 0 Å². The van der Waals surface area contributed by atoms with Crippen LogP contribution in [0, 0.1) is 11.6 Å². The fourth-order valence-corrected chi connectivity index (χ4v) is 1.50. The normalized spacial score (nSPS) is 10.1. The van der Waals surface area contributed by atoms with Crippen molar-refractivity contribution in [2.24, 2.45) is 0 Å². The Hall–Kier alpha value is -2.10. The monoisotopic (exact) mass is 219 g/mol. The molecule has 2 rings (SSSR count). The number of aldehydes is 1. The third-order valence-electron chi connectivity index (χ3n) is 2.21. The van der Waals surface area contributed by atoms with Gasteiger partial charge in [-0.25, -0.2) is 8.78 Å². The van der Waals surface area contributed by atoms with E-state index >= 15 is 0 Å². The highest BCUT2D eigenvalue weighted by Crippen LogP contribution is 2.27. The molecule has 1 aromatic carbocycles. The highest BCUT2D eigenvalue weighted by Gasteiger charge is 2.13. The number of carbonyl (C=O) groups excluding carboxylic acids is 1. The number of hydrogen-bond donors (Lipinski definition) is 0. The largest absolute Gasteiger partial charge is 0.298 e. The fraction of sp³-hybridized carbons (Fsp3) is 0. The van der Waals surface area contributed by atoms with Gasteiger partial charge in [0.1, 0.15) is 11.6 Å². The average molecular weight is 219 g/mol. The lowest BCUT2D eigenvalue weighted by Gasteiger charge is -2.06. The predicted molar refractivity (Wildman–Crippen MR) is 55.0 cm³/mol. The number of nitrogens with zero attached hydrogens (tertiary/aromatic N) is 1. The smallest absolute Gasteiger partial charge is 0.150 e. The van der Waals surface area contributed by atoms with Crippen LogP contribution in [0.4, 0.5) is 8.78 Å². The van der Waals surface area contributed by atoms with Crippen LogP contribution in [-0.2, 0) is 0 Å². The van der Waals surface area contributed by atoms with Crippen molar-refractivity contribution in [2.75, 3.05) is 0 Å². The van der Waals surface area contributed by atoms with Gasteiger partial charge in [-0.1, -0.05) is 12.1 Å². The molecule has 0 N–H and O–H groups in total. The Kier molecular flexibility index (Phi) is 2.72. The van der Waals surface area contributed by atoms with E-state index in [2.05, 4.69) is 4.98 Å². The van der Waals surface area contributed by atoms with Crippen LogP contribution in [0.2, 0.25) is 0 Å². The van der Waals surface area contributed by atoms with Crippen molar-refractivity contribution in [3.05, 3.63) is 53.9 Å². The Bertz CT molecular complexity index is 540. The Balaban J connectivity index is 2.73. The lowest BCUT2D eigenvalue weighted by Crippen LogP contribution is -1.94. The van der Waals surface area contributed by atoms with E-state index < -0.39 is 11.6 Å². The lowest BCUT2D eigenvalue weighted by atomic mass is 10.0. The maximum Gasteiger partial charge on any atom is 0.150 e. The second-order valence-electron chi connectivity index (χ2n) is 3.18. The summed E-state index contributed by atoms with van der Waals surface area (Å²) in [7, 11) is 0. The summed E-state index contributed by atoms with van der Waals surface area (Å²) in [4.78, 5) is 14.3. The second kappa shape index (κ2) is 4.18. The molecule has 16 heavy (non-hydrogen) atoms. The number of hydrogen-bond acceptors (Lipinski definition) is 2. The van der Waals surface area contributed by atoms with Gasteiger partial charge in [0, 0.05) is 22.9 Å². The number of benzene rings is 1. The van der Waals surface area contributed by atoms with E-state index in [9.17, 15) is 13.6 Å². The van der Waals surface area contributed by atoms with Crippen molar-refractivity contribution < 1.29 is 13.6 Å². The summed E-state index contributed by atoms with van der Waals surface area (Å²) >= 11 is 0. The minimum Gasteiger partial charge on any atom is -0.298 e. The zero-order chi connectivity index (χ0) is 11.5. The molecule has 0 unspecified atom stereocenters. The van der Waals surface area contributed by atoms with E-state index in [4.69, 9.17) is 0 Å². The Morgan fingerprint density at radius 2 is 1.94 bits per heavy atom. The molecule has 0 bridgehead atoms. The molecule has 2 nitrogen and oxygen atoms in total. The van der Waals surface area contributed by atoms with Crippen molar-refractivity contribution >= 4 is 6.29 Å². The molecule has 0 spiro atoms. The molecule has 1 aromatic heterocycles. The van der Waals surface area contributed by atoms with E-state index in [1.54, 1.807) is 0 Å². The molecule has 0 aliphatic carbocycles. The van der Waals surface area contributed by atoms with E-state index in [1.165, 1.54) is 30.5 Å². The van der Waals surface area contributed by atoms with Crippen molar-refractivity contribution in [3.8, 4) is 11.1 Å². The molecular formula is C12H7F2NO. The van der Waals surface area contributed by atoms with Gasteiger partial charge in [0.05, 0.1) is 6.20 Å². The van der Waals surface area contributed by atoms with Crippen molar-refractivity contribution in [3.63, 3.8) is 0 Å². The standard InChI is InChI=1S/C12H7F2NO/c13-10-3-1-2-8(7-16)12(10)9-4-5-15-6-11(9)14/h1-7H. The molecule has 0 amide bonds. The predicted octanol–water partition coefficient (Wildman–Crippen LogP) is 2.84. The van der Waals surface area contributed by atoms with Crippen molar-refractivity contribution in [1.29, 1.82) is 0 Å². The van der Waals surface area contributed by atoms with Crippen LogP contribution in [0.1, 0.15) is 10.4 Å². The summed E-state index contributed by atoms with van der Waals surface area (Å²) in [6, 6.07) is 5.36. The molecule has 0 radical (unpaired) electrons. The molecule has 80 valence electrons. The van der Waals surface area contributed by atoms with Gasteiger partial charge in [0.25, 0.3) is 0 Å². The lowest BCUT2D eigenvalue weighted by molar-refractivity contribution is 0.112. The summed E-state index contributed by atoms with van der Waals surface area (Å²) < 4.78 is 27.0. The first-order valence-electron chi connectivity index (χ1n) is 4.57. The summed E-state index contributed by atoms with van der Waals surface area (Å²) in [5, 5.41) is 0. The van der Waals surface area contributed by atoms with Gasteiger partial charge < -0.3 is 0 Å². The van der Waals surface area contributed by atoms with Crippen LogP contribution in [0.15, 0.2) is 36.7 Å². The summed E-state index contributed by atoms with van der Waals surface area (Å²) in [6.07, 6.45) is 2.83. The SMILES string of the molecule is O=Cc1cccc(F)c1-c1ccncc1F. The summed E-state index contributed by atoms with van der Waals surface area (Å²) in [5.41, 5.74) is 0.123. The van der Waals surface area contributed by atoms with Gasteiger partial charge in [0.15, 0.2) is 6.29 Å². The number of pyridine rings is 1. The van der Waals surface area contributed by atoms with Crippen LogP contribution in [-0.4, -0.2) is 11.3 Å². The van der Waals surface area contributed by atoms with Gasteiger partial charge in [-0.15, -0.1) is 0 Å². The topological polar surface area (TPSA) is 30.0 Å². The van der Waals surface area contributed by atoms with E-state index in [1.807, 2.05) is 0 Å². The molecule has 0 fully saturated rings. The van der Waals surface area contributed by atoms with Crippen LogP contribution in [0.25, 0.3) is 11.1 Å². The average Bonchev–Trinajstić information content (AvgIpc) is 2.30. The first-order valence-corrected chi connectivity index (χ1v) is 4.57. The number of halogens is 2. The van der Waals surface area contributed by atoms with E-state index in [0.29, 0.717) is 6.29 Å². The first-order chi connectivity index (χ1) is 7.74. The molecule has 4 heteroatoms. The minimum absolute atomic E-state index is 0.0302. The molecule has 1 heterocycles. The number of rotatable bonds is 2. The van der Waals surface area contributed by atoms with Gasteiger partial charge in [-0.2, -0.15) is 0 Å². The molecular weight excluding hydrogens is 212 g/mol.